The van der Waals surface area contributed by atoms with Crippen LogP contribution in [0.3, 0.4) is 0 Å². The average Bonchev–Trinajstić information content (AvgIpc) is 2.53. The maximum absolute atomic E-state index is 13.5. The molecule has 2 rings (SSSR count). The Hall–Kier alpha value is -1.44. The van der Waals surface area contributed by atoms with E-state index in [1.54, 1.807) is 6.08 Å². The van der Waals surface area contributed by atoms with Crippen molar-refractivity contribution >= 4 is 5.91 Å². The molecule has 1 aromatic carbocycles. The average molecular weight is 377 g/mol. The van der Waals surface area contributed by atoms with Crippen molar-refractivity contribution in [3.63, 3.8) is 0 Å². The van der Waals surface area contributed by atoms with Gasteiger partial charge >= 0.3 is 120 Å². The summed E-state index contributed by atoms with van der Waals surface area (Å²) in [6, 6.07) is 3.34. The molecular weight excluding hydrogens is 365 g/mol. The monoisotopic (exact) mass is 377 g/mol. The zero-order valence-electron chi connectivity index (χ0n) is 10.1. The minimum atomic E-state index is -0.869. The Morgan fingerprint density at radius 1 is 1.37 bits per heavy atom. The second kappa shape index (κ2) is 6.14. The molecule has 1 aromatic rings. The van der Waals surface area contributed by atoms with Gasteiger partial charge in [0.1, 0.15) is 0 Å². The number of benzene rings is 1. The summed E-state index contributed by atoms with van der Waals surface area (Å²) in [5.41, 5.74) is 0.466. The molecule has 6 heteroatoms. The van der Waals surface area contributed by atoms with Crippen molar-refractivity contribution in [3.8, 4) is 0 Å². The zero-order valence-corrected chi connectivity index (χ0v) is 12.3. The van der Waals surface area contributed by atoms with Crippen molar-refractivity contribution < 1.29 is 34.8 Å². The third-order valence-corrected chi connectivity index (χ3v) is 4.64. The van der Waals surface area contributed by atoms with Crippen LogP contribution in [0.2, 0.25) is 0 Å². The molecule has 0 saturated heterocycles. The Balaban J connectivity index is 2.20. The van der Waals surface area contributed by atoms with Gasteiger partial charge in [0, 0.05) is 0 Å². The number of carbonyl (C=O) groups is 1. The van der Waals surface area contributed by atoms with Crippen molar-refractivity contribution in [1.29, 1.82) is 0 Å². The van der Waals surface area contributed by atoms with Crippen LogP contribution in [0, 0.1) is 11.6 Å². The van der Waals surface area contributed by atoms with E-state index in [2.05, 4.69) is 14.7 Å². The Kier molecular flexibility index (Phi) is 4.52. The van der Waals surface area contributed by atoms with Gasteiger partial charge in [0.25, 0.3) is 0 Å². The van der Waals surface area contributed by atoms with Gasteiger partial charge in [-0.3, -0.25) is 0 Å². The predicted molar refractivity (Wildman–Crippen MR) is 63.7 cm³/mol. The van der Waals surface area contributed by atoms with Crippen LogP contribution in [-0.2, 0) is 0 Å². The minimum absolute atomic E-state index is 0.0988. The maximum atomic E-state index is 13.5. The Bertz CT molecular complexity index is 550. The van der Waals surface area contributed by atoms with Gasteiger partial charge in [0.15, 0.2) is 0 Å². The first-order valence-corrected chi connectivity index (χ1v) is 8.30. The van der Waals surface area contributed by atoms with E-state index in [-0.39, 0.29) is 21.2 Å². The van der Waals surface area contributed by atoms with E-state index in [0.29, 0.717) is 5.82 Å². The summed E-state index contributed by atoms with van der Waals surface area (Å²) in [7, 11) is 0. The molecule has 1 heterocycles. The Morgan fingerprint density at radius 2 is 2.05 bits per heavy atom. The SMILES string of the molecule is CC1=C[I-]CNC(NC(=O)c2c(F)cccc2F)=C1. The first kappa shape index (κ1) is 14.0. The van der Waals surface area contributed by atoms with Crippen molar-refractivity contribution in [1.82, 2.24) is 10.6 Å². The van der Waals surface area contributed by atoms with E-state index in [9.17, 15) is 13.6 Å². The van der Waals surface area contributed by atoms with Gasteiger partial charge < -0.3 is 0 Å². The quantitative estimate of drug-likeness (QED) is 0.398. The number of carbonyl (C=O) groups excluding carboxylic acids is 1. The number of amides is 1. The molecule has 0 aliphatic carbocycles. The van der Waals surface area contributed by atoms with E-state index in [1.165, 1.54) is 6.07 Å². The van der Waals surface area contributed by atoms with Crippen LogP contribution in [-0.4, -0.2) is 10.5 Å². The molecule has 3 nitrogen and oxygen atoms in total. The molecule has 1 aliphatic rings. The molecule has 0 bridgehead atoms. The van der Waals surface area contributed by atoms with Gasteiger partial charge in [-0.2, -0.15) is 0 Å². The normalized spacial score (nSPS) is 15.3. The van der Waals surface area contributed by atoms with E-state index < -0.39 is 23.1 Å². The topological polar surface area (TPSA) is 41.1 Å². The molecule has 0 unspecified atom stereocenters. The van der Waals surface area contributed by atoms with Crippen LogP contribution in [0.4, 0.5) is 8.78 Å². The number of hydrogen-bond acceptors (Lipinski definition) is 2. The molecule has 1 amide bonds. The van der Waals surface area contributed by atoms with Crippen LogP contribution in [0.5, 0.6) is 0 Å². The van der Waals surface area contributed by atoms with Crippen LogP contribution in [0.25, 0.3) is 0 Å². The third-order valence-electron chi connectivity index (χ3n) is 2.39. The number of allylic oxidation sites excluding steroid dienone is 2. The van der Waals surface area contributed by atoms with Crippen molar-refractivity contribution in [3.05, 3.63) is 56.9 Å². The summed E-state index contributed by atoms with van der Waals surface area (Å²) in [6.45, 7) is 1.92. The van der Waals surface area contributed by atoms with Crippen molar-refractivity contribution in [2.24, 2.45) is 0 Å². The summed E-state index contributed by atoms with van der Waals surface area (Å²) in [6.07, 6.45) is 1.75. The number of nitrogens with one attached hydrogen (secondary N) is 2. The molecule has 0 fully saturated rings. The molecular formula is C13H12F2IN2O-. The van der Waals surface area contributed by atoms with E-state index in [0.717, 1.165) is 22.3 Å². The van der Waals surface area contributed by atoms with Gasteiger partial charge in [-0.05, 0) is 0 Å². The molecule has 0 spiro atoms. The van der Waals surface area contributed by atoms with Crippen LogP contribution < -0.4 is 31.8 Å². The second-order valence-corrected chi connectivity index (χ2v) is 6.19. The summed E-state index contributed by atoms with van der Waals surface area (Å²) < 4.78 is 29.8. The molecule has 1 aliphatic heterocycles. The van der Waals surface area contributed by atoms with Gasteiger partial charge in [0.05, 0.1) is 0 Å². The van der Waals surface area contributed by atoms with Gasteiger partial charge in [-0.15, -0.1) is 0 Å². The zero-order chi connectivity index (χ0) is 13.8. The van der Waals surface area contributed by atoms with E-state index in [4.69, 9.17) is 0 Å². The number of hydrogen-bond donors (Lipinski definition) is 2. The van der Waals surface area contributed by atoms with Crippen LogP contribution in [0.1, 0.15) is 17.3 Å². The van der Waals surface area contributed by atoms with Gasteiger partial charge in [0.2, 0.25) is 0 Å². The van der Waals surface area contributed by atoms with E-state index >= 15 is 0 Å². The molecule has 102 valence electrons. The van der Waals surface area contributed by atoms with Crippen molar-refractivity contribution in [2.75, 3.05) is 4.55 Å². The van der Waals surface area contributed by atoms with Gasteiger partial charge in [-0.1, -0.05) is 0 Å². The Labute approximate surface area is 120 Å². The third kappa shape index (κ3) is 3.52. The summed E-state index contributed by atoms with van der Waals surface area (Å²) in [5, 5.41) is 5.53. The second-order valence-electron chi connectivity index (χ2n) is 3.93. The van der Waals surface area contributed by atoms with Crippen LogP contribution in [0.15, 0.2) is 39.8 Å². The molecule has 19 heavy (non-hydrogen) atoms. The fraction of sp³-hybridized carbons (Fsp3) is 0.154. The molecule has 0 saturated carbocycles. The summed E-state index contributed by atoms with van der Waals surface area (Å²) >= 11 is -0.0988. The summed E-state index contributed by atoms with van der Waals surface area (Å²) in [4.78, 5) is 11.9. The first-order valence-electron chi connectivity index (χ1n) is 5.53. The molecule has 0 aromatic heterocycles. The first-order chi connectivity index (χ1) is 9.08. The molecule has 0 radical (unpaired) electrons. The van der Waals surface area contributed by atoms with Crippen molar-refractivity contribution in [2.45, 2.75) is 6.92 Å². The van der Waals surface area contributed by atoms with Gasteiger partial charge in [-0.25, -0.2) is 0 Å². The van der Waals surface area contributed by atoms with Crippen LogP contribution >= 0.6 is 0 Å². The standard InChI is InChI=1S/C13H12F2IN2O/c1-8-5-11(17-7-16-6-8)18-13(19)12-9(14)3-2-4-10(12)15/h2-6,17H,7H2,1H3,(H,18,19)/q-1. The molecule has 0 atom stereocenters. The number of rotatable bonds is 2. The number of alkyl halides is 1. The fourth-order valence-electron chi connectivity index (χ4n) is 1.56. The molecule has 2 N–H and O–H groups in total. The Morgan fingerprint density at radius 3 is 2.74 bits per heavy atom. The van der Waals surface area contributed by atoms with E-state index in [1.807, 2.05) is 6.92 Å². The summed E-state index contributed by atoms with van der Waals surface area (Å²) in [5.74, 6) is -2.06. The predicted octanol–water partition coefficient (Wildman–Crippen LogP) is -0.910. The fourth-order valence-corrected chi connectivity index (χ4v) is 3.29. The number of halogens is 3.